The lowest BCUT2D eigenvalue weighted by Crippen LogP contribution is -2.23. The van der Waals surface area contributed by atoms with Crippen molar-refractivity contribution in [2.75, 3.05) is 31.0 Å². The second-order valence-corrected chi connectivity index (χ2v) is 23.6. The number of hydrogen-bond donors (Lipinski definition) is 3. The summed E-state index contributed by atoms with van der Waals surface area (Å²) in [5, 5.41) is 12.5. The Kier molecular flexibility index (Phi) is 10.3. The van der Waals surface area contributed by atoms with Crippen molar-refractivity contribution >= 4 is 33.2 Å². The van der Waals surface area contributed by atoms with Gasteiger partial charge in [0, 0.05) is 58.6 Å². The SMILES string of the molecule is Cc1c(-c2cccc(N)c2F)ccc(C(=N)c2nccn2COCC[Si](C)(C)C)c1NCOCC[Si](C)(C)C. The number of aromatic nitrogens is 2. The number of nitrogens with one attached hydrogen (secondary N) is 2. The Morgan fingerprint density at radius 3 is 2.33 bits per heavy atom. The Bertz CT molecular complexity index is 1280. The van der Waals surface area contributed by atoms with Crippen molar-refractivity contribution < 1.29 is 13.9 Å². The molecule has 0 saturated carbocycles. The van der Waals surface area contributed by atoms with E-state index in [-0.39, 0.29) is 18.1 Å². The minimum absolute atomic E-state index is 0.101. The summed E-state index contributed by atoms with van der Waals surface area (Å²) in [5.74, 6) is 0.0553. The molecule has 3 aromatic rings. The number of halogens is 1. The van der Waals surface area contributed by atoms with Crippen LogP contribution in [0.2, 0.25) is 51.4 Å². The molecule has 0 radical (unpaired) electrons. The summed E-state index contributed by atoms with van der Waals surface area (Å²) < 4.78 is 28.7. The Morgan fingerprint density at radius 1 is 1.00 bits per heavy atom. The molecule has 0 unspecified atom stereocenters. The van der Waals surface area contributed by atoms with Crippen molar-refractivity contribution in [3.63, 3.8) is 0 Å². The lowest BCUT2D eigenvalue weighted by molar-refractivity contribution is 0.0868. The molecule has 0 aliphatic rings. The molecule has 0 aliphatic heterocycles. The zero-order valence-electron chi connectivity index (χ0n) is 24.5. The van der Waals surface area contributed by atoms with Crippen LogP contribution >= 0.6 is 0 Å². The number of anilines is 2. The van der Waals surface area contributed by atoms with Crippen molar-refractivity contribution in [3.8, 4) is 11.1 Å². The molecule has 0 aliphatic carbocycles. The maximum Gasteiger partial charge on any atom is 0.160 e. The molecule has 1 heterocycles. The first-order chi connectivity index (χ1) is 18.3. The molecule has 0 amide bonds. The maximum atomic E-state index is 15.0. The van der Waals surface area contributed by atoms with E-state index in [0.29, 0.717) is 48.1 Å². The molecule has 2 aromatic carbocycles. The van der Waals surface area contributed by atoms with Gasteiger partial charge in [0.15, 0.2) is 11.6 Å². The topological polar surface area (TPSA) is 98.2 Å². The first kappa shape index (κ1) is 30.7. The number of nitrogens with zero attached hydrogens (tertiary/aromatic N) is 2. The summed E-state index contributed by atoms with van der Waals surface area (Å²) in [6, 6.07) is 10.8. The second kappa shape index (κ2) is 13.0. The van der Waals surface area contributed by atoms with Crippen LogP contribution in [0.5, 0.6) is 0 Å². The Balaban J connectivity index is 1.90. The Labute approximate surface area is 234 Å². The van der Waals surface area contributed by atoms with Crippen LogP contribution in [0.15, 0.2) is 42.7 Å². The quantitative estimate of drug-likeness (QED) is 0.0636. The molecule has 1 aromatic heterocycles. The molecule has 212 valence electrons. The summed E-state index contributed by atoms with van der Waals surface area (Å²) in [4.78, 5) is 4.47. The highest BCUT2D eigenvalue weighted by atomic mass is 28.3. The molecule has 10 heteroatoms. The van der Waals surface area contributed by atoms with E-state index in [9.17, 15) is 4.39 Å². The Morgan fingerprint density at radius 2 is 1.67 bits per heavy atom. The highest BCUT2D eigenvalue weighted by molar-refractivity contribution is 6.76. The predicted molar refractivity (Wildman–Crippen MR) is 166 cm³/mol. The van der Waals surface area contributed by atoms with Gasteiger partial charge in [-0.25, -0.2) is 9.37 Å². The summed E-state index contributed by atoms with van der Waals surface area (Å²) in [6.07, 6.45) is 3.51. The molecule has 0 bridgehead atoms. The number of imidazole rings is 1. The lowest BCUT2D eigenvalue weighted by Gasteiger charge is -2.21. The molecule has 7 nitrogen and oxygen atoms in total. The van der Waals surface area contributed by atoms with Crippen LogP contribution in [0, 0.1) is 18.2 Å². The van der Waals surface area contributed by atoms with Crippen LogP contribution in [0.25, 0.3) is 11.1 Å². The third-order valence-electron chi connectivity index (χ3n) is 6.57. The Hall–Kier alpha value is -2.80. The molecule has 0 fully saturated rings. The van der Waals surface area contributed by atoms with Gasteiger partial charge >= 0.3 is 0 Å². The average molecular weight is 570 g/mol. The number of nitrogens with two attached hydrogens (primary N) is 1. The zero-order chi connectivity index (χ0) is 28.8. The molecule has 39 heavy (non-hydrogen) atoms. The van der Waals surface area contributed by atoms with E-state index >= 15 is 0 Å². The molecule has 0 saturated heterocycles. The minimum atomic E-state index is -1.22. The number of hydrogen-bond acceptors (Lipinski definition) is 6. The number of nitrogen functional groups attached to an aromatic ring is 1. The van der Waals surface area contributed by atoms with Gasteiger partial charge in [0.25, 0.3) is 0 Å². The molecular weight excluding hydrogens is 526 g/mol. The van der Waals surface area contributed by atoms with Crippen molar-refractivity contribution in [2.24, 2.45) is 0 Å². The average Bonchev–Trinajstić information content (AvgIpc) is 3.31. The van der Waals surface area contributed by atoms with Crippen LogP contribution in [-0.4, -0.2) is 51.4 Å². The fourth-order valence-electron chi connectivity index (χ4n) is 4.07. The van der Waals surface area contributed by atoms with Gasteiger partial charge in [-0.1, -0.05) is 57.5 Å². The van der Waals surface area contributed by atoms with Crippen LogP contribution in [-0.2, 0) is 16.2 Å². The van der Waals surface area contributed by atoms with Gasteiger partial charge in [-0.05, 0) is 42.3 Å². The third-order valence-corrected chi connectivity index (χ3v) is 9.97. The maximum absolute atomic E-state index is 15.0. The largest absolute Gasteiger partial charge is 0.396 e. The van der Waals surface area contributed by atoms with Crippen molar-refractivity contribution in [3.05, 3.63) is 65.5 Å². The van der Waals surface area contributed by atoms with Gasteiger partial charge in [-0.2, -0.15) is 0 Å². The molecule has 3 rings (SSSR count). The first-order valence-corrected chi connectivity index (χ1v) is 20.9. The third kappa shape index (κ3) is 8.59. The van der Waals surface area contributed by atoms with Gasteiger partial charge in [-0.3, -0.25) is 5.41 Å². The molecule has 0 atom stereocenters. The van der Waals surface area contributed by atoms with Crippen LogP contribution < -0.4 is 11.1 Å². The normalized spacial score (nSPS) is 12.1. The highest BCUT2D eigenvalue weighted by Gasteiger charge is 2.21. The van der Waals surface area contributed by atoms with Crippen molar-refractivity contribution in [1.29, 1.82) is 5.41 Å². The summed E-state index contributed by atoms with van der Waals surface area (Å²) in [6.45, 7) is 17.8. The van der Waals surface area contributed by atoms with Gasteiger partial charge in [0.2, 0.25) is 0 Å². The van der Waals surface area contributed by atoms with E-state index < -0.39 is 22.0 Å². The van der Waals surface area contributed by atoms with E-state index in [1.165, 1.54) is 0 Å². The second-order valence-electron chi connectivity index (χ2n) is 12.4. The van der Waals surface area contributed by atoms with E-state index in [1.807, 2.05) is 29.8 Å². The van der Waals surface area contributed by atoms with E-state index in [4.69, 9.17) is 20.6 Å². The van der Waals surface area contributed by atoms with Gasteiger partial charge < -0.3 is 25.1 Å². The standard InChI is InChI=1S/C29H44FN5O2Si2/c1-21-22(23-9-8-10-25(31)26(23)30)11-12-24(28(21)34-19-36-15-17-38(2,3)4)27(32)29-33-13-14-35(29)20-37-16-18-39(5,6)7/h8-14,32,34H,15-20,31H2,1-7H3. The van der Waals surface area contributed by atoms with Gasteiger partial charge in [-0.15, -0.1) is 0 Å². The smallest absolute Gasteiger partial charge is 0.160 e. The molecular formula is C29H44FN5O2Si2. The molecule has 4 N–H and O–H groups in total. The van der Waals surface area contributed by atoms with E-state index in [0.717, 1.165) is 17.7 Å². The minimum Gasteiger partial charge on any atom is -0.396 e. The van der Waals surface area contributed by atoms with Gasteiger partial charge in [0.05, 0.1) is 5.69 Å². The van der Waals surface area contributed by atoms with Crippen LogP contribution in [0.1, 0.15) is 17.0 Å². The number of benzene rings is 2. The van der Waals surface area contributed by atoms with E-state index in [2.05, 4.69) is 49.6 Å². The summed E-state index contributed by atoms with van der Waals surface area (Å²) in [7, 11) is -2.42. The predicted octanol–water partition coefficient (Wildman–Crippen LogP) is 7.03. The van der Waals surface area contributed by atoms with Crippen LogP contribution in [0.4, 0.5) is 15.8 Å². The fourth-order valence-corrected chi connectivity index (χ4v) is 5.59. The first-order valence-electron chi connectivity index (χ1n) is 13.5. The van der Waals surface area contributed by atoms with Crippen molar-refractivity contribution in [1.82, 2.24) is 9.55 Å². The zero-order valence-corrected chi connectivity index (χ0v) is 26.5. The summed E-state index contributed by atoms with van der Waals surface area (Å²) >= 11 is 0. The van der Waals surface area contributed by atoms with Crippen molar-refractivity contribution in [2.45, 2.75) is 65.0 Å². The monoisotopic (exact) mass is 569 g/mol. The number of rotatable bonds is 14. The fraction of sp³-hybridized carbons (Fsp3) is 0.448. The lowest BCUT2D eigenvalue weighted by atomic mass is 9.93. The van der Waals surface area contributed by atoms with Crippen LogP contribution in [0.3, 0.4) is 0 Å². The van der Waals surface area contributed by atoms with Gasteiger partial charge in [0.1, 0.15) is 19.2 Å². The highest BCUT2D eigenvalue weighted by Crippen LogP contribution is 2.35. The number of ether oxygens (including phenoxy) is 2. The molecule has 0 spiro atoms. The van der Waals surface area contributed by atoms with E-state index in [1.54, 1.807) is 24.4 Å². The summed E-state index contributed by atoms with van der Waals surface area (Å²) in [5.41, 5.74) is 9.52.